The Hall–Kier alpha value is -2.61. The Balaban J connectivity index is 1.44. The molecule has 4 rings (SSSR count). The van der Waals surface area contributed by atoms with Crippen molar-refractivity contribution < 1.29 is 4.79 Å². The van der Waals surface area contributed by atoms with E-state index in [1.54, 1.807) is 6.33 Å². The highest BCUT2D eigenvalue weighted by molar-refractivity contribution is 5.79. The van der Waals surface area contributed by atoms with E-state index in [2.05, 4.69) is 16.0 Å². The number of nitrogens with zero attached hydrogens (tertiary/aromatic N) is 3. The molecule has 5 nitrogen and oxygen atoms in total. The zero-order chi connectivity index (χ0) is 17.3. The SMILES string of the molecule is N#CC1(c2ccccc2)CCN(C(=O)C2CCc3nc[nH]c3C2)CC1. The Labute approximate surface area is 147 Å². The lowest BCUT2D eigenvalue weighted by Gasteiger charge is -2.39. The molecule has 128 valence electrons. The number of nitrogens with one attached hydrogen (secondary N) is 1. The van der Waals surface area contributed by atoms with Crippen molar-refractivity contribution in [2.24, 2.45) is 5.92 Å². The second kappa shape index (κ2) is 6.36. The van der Waals surface area contributed by atoms with E-state index in [0.717, 1.165) is 36.2 Å². The standard InChI is InChI=1S/C20H22N4O/c21-13-20(16-4-2-1-3-5-16)8-10-24(11-9-20)19(25)15-6-7-17-18(12-15)23-14-22-17/h1-5,14-15H,6-12H2,(H,22,23). The number of aryl methyl sites for hydroxylation is 1. The lowest BCUT2D eigenvalue weighted by atomic mass is 9.74. The molecule has 1 N–H and O–H groups in total. The molecule has 0 spiro atoms. The molecule has 1 fully saturated rings. The molecule has 5 heteroatoms. The molecule has 1 unspecified atom stereocenters. The van der Waals surface area contributed by atoms with Gasteiger partial charge in [-0.1, -0.05) is 30.3 Å². The number of H-pyrrole nitrogens is 1. The monoisotopic (exact) mass is 334 g/mol. The first-order valence-electron chi connectivity index (χ1n) is 8.98. The predicted molar refractivity (Wildman–Crippen MR) is 93.6 cm³/mol. The van der Waals surface area contributed by atoms with Crippen molar-refractivity contribution in [1.82, 2.24) is 14.9 Å². The summed E-state index contributed by atoms with van der Waals surface area (Å²) in [6.07, 6.45) is 5.64. The third kappa shape index (κ3) is 2.82. The molecule has 2 heterocycles. The number of piperidine rings is 1. The van der Waals surface area contributed by atoms with Crippen molar-refractivity contribution in [2.45, 2.75) is 37.5 Å². The van der Waals surface area contributed by atoms with Crippen LogP contribution in [0.25, 0.3) is 0 Å². The fourth-order valence-electron chi connectivity index (χ4n) is 4.20. The Morgan fingerprint density at radius 1 is 1.28 bits per heavy atom. The second-order valence-corrected chi connectivity index (χ2v) is 7.15. The topological polar surface area (TPSA) is 72.8 Å². The first-order chi connectivity index (χ1) is 12.2. The molecule has 1 aliphatic carbocycles. The number of amides is 1. The number of hydrogen-bond donors (Lipinski definition) is 1. The molecule has 1 aromatic carbocycles. The van der Waals surface area contributed by atoms with Crippen molar-refractivity contribution in [3.05, 3.63) is 53.6 Å². The highest BCUT2D eigenvalue weighted by Crippen LogP contribution is 2.36. The number of aromatic nitrogens is 2. The molecule has 2 aromatic rings. The molecule has 0 radical (unpaired) electrons. The Morgan fingerprint density at radius 3 is 2.76 bits per heavy atom. The van der Waals surface area contributed by atoms with Gasteiger partial charge in [-0.3, -0.25) is 4.79 Å². The van der Waals surface area contributed by atoms with Gasteiger partial charge in [0.15, 0.2) is 0 Å². The van der Waals surface area contributed by atoms with Gasteiger partial charge in [0.05, 0.1) is 23.5 Å². The Kier molecular flexibility index (Phi) is 4.04. The van der Waals surface area contributed by atoms with Crippen LogP contribution in [-0.2, 0) is 23.1 Å². The number of rotatable bonds is 2. The summed E-state index contributed by atoms with van der Waals surface area (Å²) in [5.41, 5.74) is 2.83. The Morgan fingerprint density at radius 2 is 2.04 bits per heavy atom. The van der Waals surface area contributed by atoms with Crippen molar-refractivity contribution in [3.63, 3.8) is 0 Å². The maximum absolute atomic E-state index is 12.9. The first kappa shape index (κ1) is 15.9. The van der Waals surface area contributed by atoms with Gasteiger partial charge < -0.3 is 9.88 Å². The molecule has 0 bridgehead atoms. The molecule has 1 aliphatic heterocycles. The van der Waals surface area contributed by atoms with Gasteiger partial charge >= 0.3 is 0 Å². The number of benzene rings is 1. The minimum atomic E-state index is -0.457. The van der Waals surface area contributed by atoms with Gasteiger partial charge in [0, 0.05) is 31.1 Å². The van der Waals surface area contributed by atoms with Crippen LogP contribution in [0.4, 0.5) is 0 Å². The highest BCUT2D eigenvalue weighted by atomic mass is 16.2. The van der Waals surface area contributed by atoms with Gasteiger partial charge in [0.2, 0.25) is 5.91 Å². The lowest BCUT2D eigenvalue weighted by Crippen LogP contribution is -2.47. The van der Waals surface area contributed by atoms with Crippen LogP contribution in [0.5, 0.6) is 0 Å². The van der Waals surface area contributed by atoms with Crippen molar-refractivity contribution in [3.8, 4) is 6.07 Å². The van der Waals surface area contributed by atoms with E-state index < -0.39 is 5.41 Å². The molecule has 0 saturated carbocycles. The fourth-order valence-corrected chi connectivity index (χ4v) is 4.20. The van der Waals surface area contributed by atoms with Crippen LogP contribution in [0, 0.1) is 17.2 Å². The summed E-state index contributed by atoms with van der Waals surface area (Å²) in [7, 11) is 0. The quantitative estimate of drug-likeness (QED) is 0.917. The van der Waals surface area contributed by atoms with Crippen molar-refractivity contribution in [1.29, 1.82) is 5.26 Å². The van der Waals surface area contributed by atoms with Gasteiger partial charge in [0.25, 0.3) is 0 Å². The summed E-state index contributed by atoms with van der Waals surface area (Å²) >= 11 is 0. The van der Waals surface area contributed by atoms with E-state index in [-0.39, 0.29) is 11.8 Å². The average Bonchev–Trinajstić information content (AvgIpc) is 3.16. The number of hydrogen-bond acceptors (Lipinski definition) is 3. The van der Waals surface area contributed by atoms with Gasteiger partial charge in [-0.25, -0.2) is 4.98 Å². The lowest BCUT2D eigenvalue weighted by molar-refractivity contribution is -0.137. The number of likely N-dealkylation sites (tertiary alicyclic amines) is 1. The number of nitriles is 1. The van der Waals surface area contributed by atoms with E-state index in [9.17, 15) is 10.1 Å². The summed E-state index contributed by atoms with van der Waals surface area (Å²) in [4.78, 5) is 22.4. The van der Waals surface area contributed by atoms with Crippen molar-refractivity contribution >= 4 is 5.91 Å². The summed E-state index contributed by atoms with van der Waals surface area (Å²) in [5.74, 6) is 0.277. The van der Waals surface area contributed by atoms with E-state index >= 15 is 0 Å². The van der Waals surface area contributed by atoms with Crippen molar-refractivity contribution in [2.75, 3.05) is 13.1 Å². The Bertz CT molecular complexity index is 797. The molecule has 25 heavy (non-hydrogen) atoms. The zero-order valence-corrected chi connectivity index (χ0v) is 14.2. The zero-order valence-electron chi connectivity index (χ0n) is 14.2. The van der Waals surface area contributed by atoms with Gasteiger partial charge in [-0.15, -0.1) is 0 Å². The van der Waals surface area contributed by atoms with Crippen LogP contribution >= 0.6 is 0 Å². The maximum atomic E-state index is 12.9. The molecule has 1 amide bonds. The average molecular weight is 334 g/mol. The molecule has 1 saturated heterocycles. The molecule has 2 aliphatic rings. The summed E-state index contributed by atoms with van der Waals surface area (Å²) in [5, 5.41) is 9.79. The summed E-state index contributed by atoms with van der Waals surface area (Å²) in [6, 6.07) is 12.5. The smallest absolute Gasteiger partial charge is 0.226 e. The second-order valence-electron chi connectivity index (χ2n) is 7.15. The predicted octanol–water partition coefficient (Wildman–Crippen LogP) is 2.60. The number of imidazole rings is 1. The third-order valence-corrected chi connectivity index (χ3v) is 5.81. The number of aromatic amines is 1. The van der Waals surface area contributed by atoms with E-state index in [1.165, 1.54) is 0 Å². The van der Waals surface area contributed by atoms with Crippen LogP contribution in [0.1, 0.15) is 36.2 Å². The third-order valence-electron chi connectivity index (χ3n) is 5.81. The molecule has 1 aromatic heterocycles. The minimum absolute atomic E-state index is 0.0410. The van der Waals surface area contributed by atoms with Gasteiger partial charge in [0.1, 0.15) is 0 Å². The highest BCUT2D eigenvalue weighted by Gasteiger charge is 2.39. The van der Waals surface area contributed by atoms with Crippen LogP contribution in [0.15, 0.2) is 36.7 Å². The van der Waals surface area contributed by atoms with Crippen LogP contribution in [0.2, 0.25) is 0 Å². The number of carbonyl (C=O) groups excluding carboxylic acids is 1. The van der Waals surface area contributed by atoms with Crippen LogP contribution < -0.4 is 0 Å². The van der Waals surface area contributed by atoms with Crippen LogP contribution in [-0.4, -0.2) is 33.9 Å². The molecular weight excluding hydrogens is 312 g/mol. The first-order valence-corrected chi connectivity index (χ1v) is 8.98. The van der Waals surface area contributed by atoms with E-state index in [4.69, 9.17) is 0 Å². The molecular formula is C20H22N4O. The van der Waals surface area contributed by atoms with Gasteiger partial charge in [-0.05, 0) is 31.2 Å². The normalized spacial score (nSPS) is 22.0. The molecule has 1 atom stereocenters. The largest absolute Gasteiger partial charge is 0.348 e. The van der Waals surface area contributed by atoms with E-state index in [0.29, 0.717) is 25.9 Å². The summed E-state index contributed by atoms with van der Waals surface area (Å²) < 4.78 is 0. The van der Waals surface area contributed by atoms with Crippen LogP contribution in [0.3, 0.4) is 0 Å². The number of carbonyl (C=O) groups is 1. The minimum Gasteiger partial charge on any atom is -0.348 e. The maximum Gasteiger partial charge on any atom is 0.226 e. The van der Waals surface area contributed by atoms with E-state index in [1.807, 2.05) is 35.2 Å². The van der Waals surface area contributed by atoms with Gasteiger partial charge in [-0.2, -0.15) is 5.26 Å². The number of fused-ring (bicyclic) bond motifs is 1. The summed E-state index contributed by atoms with van der Waals surface area (Å²) in [6.45, 7) is 1.32. The fraction of sp³-hybridized carbons (Fsp3) is 0.450.